The van der Waals surface area contributed by atoms with Gasteiger partial charge in [-0.2, -0.15) is 0 Å². The summed E-state index contributed by atoms with van der Waals surface area (Å²) in [4.78, 5) is 52.3. The van der Waals surface area contributed by atoms with Crippen molar-refractivity contribution in [1.82, 2.24) is 4.98 Å². The largest absolute Gasteiger partial charge is 0.494 e. The minimum absolute atomic E-state index is 0.300. The highest BCUT2D eigenvalue weighted by Crippen LogP contribution is 2.29. The summed E-state index contributed by atoms with van der Waals surface area (Å²) in [5.74, 6) is 0.444. The Bertz CT molecular complexity index is 2100. The summed E-state index contributed by atoms with van der Waals surface area (Å²) in [6, 6.07) is 25.2. The number of rotatable bonds is 23. The van der Waals surface area contributed by atoms with Gasteiger partial charge in [0.2, 0.25) is 5.89 Å². The van der Waals surface area contributed by atoms with Crippen LogP contribution in [-0.4, -0.2) is 55.3 Å². The van der Waals surface area contributed by atoms with Crippen LogP contribution in [0.1, 0.15) is 72.1 Å². The van der Waals surface area contributed by atoms with Crippen molar-refractivity contribution in [1.29, 1.82) is 0 Å². The maximum atomic E-state index is 12.9. The lowest BCUT2D eigenvalue weighted by atomic mass is 10.2. The van der Waals surface area contributed by atoms with Gasteiger partial charge in [-0.15, -0.1) is 0 Å². The Kier molecular flexibility index (Phi) is 16.0. The Morgan fingerprint density at radius 3 is 1.46 bits per heavy atom. The highest BCUT2D eigenvalue weighted by atomic mass is 16.5. The van der Waals surface area contributed by atoms with Gasteiger partial charge in [-0.3, -0.25) is 0 Å². The van der Waals surface area contributed by atoms with Gasteiger partial charge >= 0.3 is 23.9 Å². The molecule has 1 heterocycles. The van der Waals surface area contributed by atoms with Crippen molar-refractivity contribution < 1.29 is 52.0 Å². The molecule has 0 amide bonds. The second-order valence-corrected chi connectivity index (χ2v) is 12.8. The number of aromatic nitrogens is 1. The van der Waals surface area contributed by atoms with Crippen LogP contribution >= 0.6 is 0 Å². The molecule has 0 saturated carbocycles. The van der Waals surface area contributed by atoms with E-state index >= 15 is 0 Å². The van der Waals surface area contributed by atoms with Crippen molar-refractivity contribution in [3.63, 3.8) is 0 Å². The molecule has 57 heavy (non-hydrogen) atoms. The number of esters is 4. The first-order valence-corrected chi connectivity index (χ1v) is 18.8. The maximum absolute atomic E-state index is 12.9. The molecule has 0 radical (unpaired) electrons. The van der Waals surface area contributed by atoms with Crippen molar-refractivity contribution >= 4 is 35.0 Å². The average Bonchev–Trinajstić information content (AvgIpc) is 3.66. The number of hydrogen-bond donors (Lipinski definition) is 0. The molecule has 0 fully saturated rings. The van der Waals surface area contributed by atoms with Crippen LogP contribution in [0.3, 0.4) is 0 Å². The number of carbonyl (C=O) groups excluding carboxylic acids is 4. The van der Waals surface area contributed by atoms with E-state index in [2.05, 4.69) is 18.1 Å². The summed E-state index contributed by atoms with van der Waals surface area (Å²) in [7, 11) is 0. The van der Waals surface area contributed by atoms with E-state index in [4.69, 9.17) is 32.8 Å². The third-order valence-corrected chi connectivity index (χ3v) is 8.50. The van der Waals surface area contributed by atoms with E-state index in [0.717, 1.165) is 63.5 Å². The smallest absolute Gasteiger partial charge is 0.343 e. The molecule has 0 unspecified atom stereocenters. The standard InChI is InChI=1S/C45H45NO11/c1-3-41(47)53-29-11-7-5-9-27-51-35-19-15-33(16-20-35)44(49)55-37-23-13-32(14-24-37)43-46-39-26-25-38(31-40(39)57-43)56-45(50)34-17-21-36(22-18-34)52-28-10-6-8-12-30-54-42(48)4-2/h3-4,13-26,31H,1-2,5-12,27-30H2. The fourth-order valence-electron chi connectivity index (χ4n) is 5.42. The molecular weight excluding hydrogens is 730 g/mol. The van der Waals surface area contributed by atoms with Gasteiger partial charge in [0.15, 0.2) is 5.58 Å². The van der Waals surface area contributed by atoms with E-state index in [9.17, 15) is 19.2 Å². The molecule has 0 bridgehead atoms. The Hall–Kier alpha value is -6.69. The molecule has 1 aromatic heterocycles. The molecule has 0 spiro atoms. The number of unbranched alkanes of at least 4 members (excludes halogenated alkanes) is 6. The minimum Gasteiger partial charge on any atom is -0.494 e. The van der Waals surface area contributed by atoms with Crippen molar-refractivity contribution in [2.24, 2.45) is 0 Å². The van der Waals surface area contributed by atoms with Crippen LogP contribution in [0.4, 0.5) is 0 Å². The van der Waals surface area contributed by atoms with Gasteiger partial charge in [0, 0.05) is 23.8 Å². The first-order chi connectivity index (χ1) is 27.8. The van der Waals surface area contributed by atoms with Crippen LogP contribution in [0.15, 0.2) is 121 Å². The van der Waals surface area contributed by atoms with E-state index in [1.807, 2.05) is 0 Å². The molecule has 0 aliphatic rings. The summed E-state index contributed by atoms with van der Waals surface area (Å²) in [6.07, 6.45) is 9.32. The predicted molar refractivity (Wildman–Crippen MR) is 212 cm³/mol. The lowest BCUT2D eigenvalue weighted by Gasteiger charge is -2.08. The number of nitrogens with zero attached hydrogens (tertiary/aromatic N) is 1. The highest BCUT2D eigenvalue weighted by molar-refractivity contribution is 5.92. The van der Waals surface area contributed by atoms with Crippen molar-refractivity contribution in [2.75, 3.05) is 26.4 Å². The molecule has 5 aromatic rings. The molecule has 5 rings (SSSR count). The quantitative estimate of drug-likeness (QED) is 0.0269. The van der Waals surface area contributed by atoms with Gasteiger partial charge < -0.3 is 32.8 Å². The Balaban J connectivity index is 1.03. The molecule has 0 saturated heterocycles. The van der Waals surface area contributed by atoms with Crippen LogP contribution in [0, 0.1) is 0 Å². The zero-order valence-electron chi connectivity index (χ0n) is 31.7. The Labute approximate surface area is 331 Å². The van der Waals surface area contributed by atoms with Crippen LogP contribution in [0.25, 0.3) is 22.6 Å². The van der Waals surface area contributed by atoms with E-state index in [-0.39, 0.29) is 0 Å². The zero-order chi connectivity index (χ0) is 40.2. The van der Waals surface area contributed by atoms with Crippen LogP contribution < -0.4 is 18.9 Å². The average molecular weight is 776 g/mol. The molecule has 0 aliphatic heterocycles. The Morgan fingerprint density at radius 1 is 0.526 bits per heavy atom. The van der Waals surface area contributed by atoms with Crippen molar-refractivity contribution in [3.8, 4) is 34.5 Å². The van der Waals surface area contributed by atoms with Crippen molar-refractivity contribution in [2.45, 2.75) is 51.4 Å². The molecule has 12 nitrogen and oxygen atoms in total. The molecular formula is C45H45NO11. The fraction of sp³-hybridized carbons (Fsp3) is 0.267. The van der Waals surface area contributed by atoms with Gasteiger partial charge in [0.1, 0.15) is 28.5 Å². The predicted octanol–water partition coefficient (Wildman–Crippen LogP) is 9.27. The first-order valence-electron chi connectivity index (χ1n) is 18.8. The van der Waals surface area contributed by atoms with Gasteiger partial charge in [0.25, 0.3) is 0 Å². The molecule has 4 aromatic carbocycles. The second kappa shape index (κ2) is 22.0. The summed E-state index contributed by atoms with van der Waals surface area (Å²) >= 11 is 0. The van der Waals surface area contributed by atoms with Gasteiger partial charge in [0.05, 0.1) is 37.6 Å². The summed E-state index contributed by atoms with van der Waals surface area (Å²) in [5.41, 5.74) is 2.42. The first kappa shape index (κ1) is 41.5. The minimum atomic E-state index is -0.530. The Morgan fingerprint density at radius 2 is 0.965 bits per heavy atom. The SMILES string of the molecule is C=CC(=O)OCCCCCCOc1ccc(C(=O)Oc2ccc(-c3nc4ccc(OC(=O)c5ccc(OCCCCCCOC(=O)C=C)cc5)cc4o3)cc2)cc1. The van der Waals surface area contributed by atoms with Gasteiger partial charge in [-0.1, -0.05) is 13.2 Å². The molecule has 0 aliphatic carbocycles. The van der Waals surface area contributed by atoms with E-state index in [1.54, 1.807) is 91.0 Å². The number of oxazole rings is 1. The molecule has 0 atom stereocenters. The lowest BCUT2D eigenvalue weighted by Crippen LogP contribution is -2.08. The molecule has 296 valence electrons. The number of fused-ring (bicyclic) bond motifs is 1. The van der Waals surface area contributed by atoms with Crippen molar-refractivity contribution in [3.05, 3.63) is 127 Å². The number of benzene rings is 4. The van der Waals surface area contributed by atoms with E-state index in [0.29, 0.717) is 83.1 Å². The third-order valence-electron chi connectivity index (χ3n) is 8.50. The number of ether oxygens (including phenoxy) is 6. The van der Waals surface area contributed by atoms with Gasteiger partial charge in [-0.05, 0) is 136 Å². The zero-order valence-corrected chi connectivity index (χ0v) is 31.7. The lowest BCUT2D eigenvalue weighted by molar-refractivity contribution is -0.138. The van der Waals surface area contributed by atoms with Crippen LogP contribution in [-0.2, 0) is 19.1 Å². The summed E-state index contributed by atoms with van der Waals surface area (Å²) in [5, 5.41) is 0. The monoisotopic (exact) mass is 775 g/mol. The number of carbonyl (C=O) groups is 4. The number of hydrogen-bond acceptors (Lipinski definition) is 12. The third kappa shape index (κ3) is 13.5. The summed E-state index contributed by atoms with van der Waals surface area (Å²) < 4.78 is 38.6. The molecule has 12 heteroatoms. The summed E-state index contributed by atoms with van der Waals surface area (Å²) in [6.45, 7) is 8.57. The van der Waals surface area contributed by atoms with E-state index in [1.165, 1.54) is 0 Å². The van der Waals surface area contributed by atoms with Gasteiger partial charge in [-0.25, -0.2) is 24.2 Å². The van der Waals surface area contributed by atoms with Crippen LogP contribution in [0.2, 0.25) is 0 Å². The molecule has 0 N–H and O–H groups in total. The van der Waals surface area contributed by atoms with Crippen LogP contribution in [0.5, 0.6) is 23.0 Å². The van der Waals surface area contributed by atoms with E-state index < -0.39 is 23.9 Å². The maximum Gasteiger partial charge on any atom is 0.343 e. The normalized spacial score (nSPS) is 10.7. The second-order valence-electron chi connectivity index (χ2n) is 12.8. The highest BCUT2D eigenvalue weighted by Gasteiger charge is 2.14. The fourth-order valence-corrected chi connectivity index (χ4v) is 5.42. The topological polar surface area (TPSA) is 150 Å².